The van der Waals surface area contributed by atoms with Crippen molar-refractivity contribution >= 4 is 0 Å². The molecule has 0 aliphatic carbocycles. The molecule has 1 aliphatic rings. The molecule has 0 aromatic heterocycles. The first kappa shape index (κ1) is 7.80. The first-order valence-electron chi connectivity index (χ1n) is 4.20. The van der Waals surface area contributed by atoms with Gasteiger partial charge in [-0.05, 0) is 26.2 Å². The molecule has 2 atom stereocenters. The Morgan fingerprint density at radius 2 is 2.40 bits per heavy atom. The molecular weight excluding hydrogens is 122 g/mol. The maximum atomic E-state index is 3.74. The highest BCUT2D eigenvalue weighted by molar-refractivity contribution is 4.83. The summed E-state index contributed by atoms with van der Waals surface area (Å²) in [7, 11) is 0. The van der Waals surface area contributed by atoms with Crippen LogP contribution in [0.4, 0.5) is 0 Å². The lowest BCUT2D eigenvalue weighted by molar-refractivity contribution is 0.337. The highest BCUT2D eigenvalue weighted by Crippen LogP contribution is 2.14. The zero-order chi connectivity index (χ0) is 7.40. The lowest BCUT2D eigenvalue weighted by Gasteiger charge is -2.27. The number of piperidine rings is 1. The van der Waals surface area contributed by atoms with Crippen molar-refractivity contribution in [1.82, 2.24) is 5.32 Å². The summed E-state index contributed by atoms with van der Waals surface area (Å²) in [6.45, 7) is 6.00. The van der Waals surface area contributed by atoms with Crippen molar-refractivity contribution in [1.29, 1.82) is 0 Å². The minimum atomic E-state index is 0.709. The topological polar surface area (TPSA) is 12.0 Å². The third kappa shape index (κ3) is 2.14. The Morgan fingerprint density at radius 3 is 3.00 bits per heavy atom. The monoisotopic (exact) mass is 139 g/mol. The molecule has 0 spiro atoms. The largest absolute Gasteiger partial charge is 0.311 e. The molecule has 1 saturated heterocycles. The summed E-state index contributed by atoms with van der Waals surface area (Å²) in [6, 6.07) is 1.43. The van der Waals surface area contributed by atoms with Crippen molar-refractivity contribution in [3.8, 4) is 0 Å². The lowest BCUT2D eigenvalue weighted by atomic mass is 9.98. The molecule has 1 rings (SSSR count). The van der Waals surface area contributed by atoms with E-state index in [0.29, 0.717) is 6.04 Å². The minimum absolute atomic E-state index is 0.709. The van der Waals surface area contributed by atoms with E-state index < -0.39 is 0 Å². The highest BCUT2D eigenvalue weighted by Gasteiger charge is 2.15. The average Bonchev–Trinajstić information content (AvgIpc) is 1.88. The van der Waals surface area contributed by atoms with Crippen molar-refractivity contribution in [3.05, 3.63) is 12.7 Å². The van der Waals surface area contributed by atoms with Gasteiger partial charge in [-0.25, -0.2) is 0 Å². The molecule has 0 aromatic carbocycles. The van der Waals surface area contributed by atoms with Gasteiger partial charge in [0.1, 0.15) is 0 Å². The third-order valence-electron chi connectivity index (χ3n) is 2.16. The van der Waals surface area contributed by atoms with Crippen LogP contribution in [-0.4, -0.2) is 12.1 Å². The number of hydrogen-bond acceptors (Lipinski definition) is 1. The van der Waals surface area contributed by atoms with Crippen LogP contribution >= 0.6 is 0 Å². The first-order chi connectivity index (χ1) is 4.83. The molecule has 0 aromatic rings. The zero-order valence-electron chi connectivity index (χ0n) is 6.77. The molecule has 0 radical (unpaired) electrons. The van der Waals surface area contributed by atoms with Crippen molar-refractivity contribution in [3.63, 3.8) is 0 Å². The van der Waals surface area contributed by atoms with Gasteiger partial charge in [0.25, 0.3) is 0 Å². The Bertz CT molecular complexity index is 109. The Hall–Kier alpha value is -0.300. The van der Waals surface area contributed by atoms with E-state index in [2.05, 4.69) is 18.8 Å². The van der Waals surface area contributed by atoms with Crippen LogP contribution in [0.25, 0.3) is 0 Å². The number of nitrogens with one attached hydrogen (secondary N) is 1. The predicted octanol–water partition coefficient (Wildman–Crippen LogP) is 2.09. The van der Waals surface area contributed by atoms with Gasteiger partial charge in [-0.15, -0.1) is 6.58 Å². The Morgan fingerprint density at radius 1 is 1.60 bits per heavy atom. The van der Waals surface area contributed by atoms with E-state index >= 15 is 0 Å². The standard InChI is InChI=1S/C9H17N/c1-3-5-9-7-4-6-8(2)10-9/h3,8-10H,1,4-7H2,2H3/t8-,9+/m0/s1. The van der Waals surface area contributed by atoms with Crippen LogP contribution in [0.2, 0.25) is 0 Å². The fraction of sp³-hybridized carbons (Fsp3) is 0.778. The smallest absolute Gasteiger partial charge is 0.0104 e. The lowest BCUT2D eigenvalue weighted by Crippen LogP contribution is -2.39. The van der Waals surface area contributed by atoms with Crippen LogP contribution in [0.15, 0.2) is 12.7 Å². The molecule has 1 heterocycles. The SMILES string of the molecule is C=CC[C@@H]1CCC[C@H](C)N1. The summed E-state index contributed by atoms with van der Waals surface area (Å²) in [5.41, 5.74) is 0. The van der Waals surface area contributed by atoms with Gasteiger partial charge < -0.3 is 5.32 Å². The molecule has 58 valence electrons. The van der Waals surface area contributed by atoms with Gasteiger partial charge in [0.05, 0.1) is 0 Å². The second kappa shape index (κ2) is 3.77. The van der Waals surface area contributed by atoms with Gasteiger partial charge >= 0.3 is 0 Å². The van der Waals surface area contributed by atoms with Crippen molar-refractivity contribution in [2.45, 2.75) is 44.7 Å². The predicted molar refractivity (Wildman–Crippen MR) is 45.1 cm³/mol. The second-order valence-corrected chi connectivity index (χ2v) is 3.22. The van der Waals surface area contributed by atoms with Crippen LogP contribution < -0.4 is 5.32 Å². The molecule has 1 aliphatic heterocycles. The van der Waals surface area contributed by atoms with Gasteiger partial charge in [0.15, 0.2) is 0 Å². The molecule has 1 fully saturated rings. The fourth-order valence-corrected chi connectivity index (χ4v) is 1.63. The maximum Gasteiger partial charge on any atom is 0.0104 e. The molecule has 10 heavy (non-hydrogen) atoms. The van der Waals surface area contributed by atoms with Crippen molar-refractivity contribution < 1.29 is 0 Å². The molecule has 1 N–H and O–H groups in total. The normalized spacial score (nSPS) is 33.7. The van der Waals surface area contributed by atoms with E-state index in [1.54, 1.807) is 0 Å². The summed E-state index contributed by atoms with van der Waals surface area (Å²) in [6.07, 6.45) is 7.19. The molecule has 0 amide bonds. The van der Waals surface area contributed by atoms with Crippen LogP contribution in [0.3, 0.4) is 0 Å². The molecule has 0 unspecified atom stereocenters. The van der Waals surface area contributed by atoms with E-state index in [0.717, 1.165) is 12.5 Å². The van der Waals surface area contributed by atoms with Crippen LogP contribution in [0.1, 0.15) is 32.6 Å². The van der Waals surface area contributed by atoms with Crippen LogP contribution in [0.5, 0.6) is 0 Å². The quantitative estimate of drug-likeness (QED) is 0.578. The molecule has 0 saturated carbocycles. The van der Waals surface area contributed by atoms with Crippen LogP contribution in [0, 0.1) is 0 Å². The summed E-state index contributed by atoms with van der Waals surface area (Å²) in [4.78, 5) is 0. The van der Waals surface area contributed by atoms with E-state index in [1.165, 1.54) is 19.3 Å². The van der Waals surface area contributed by atoms with Gasteiger partial charge in [-0.2, -0.15) is 0 Å². The molecule has 1 nitrogen and oxygen atoms in total. The third-order valence-corrected chi connectivity index (χ3v) is 2.16. The second-order valence-electron chi connectivity index (χ2n) is 3.22. The van der Waals surface area contributed by atoms with E-state index in [-0.39, 0.29) is 0 Å². The van der Waals surface area contributed by atoms with Gasteiger partial charge in [0, 0.05) is 12.1 Å². The van der Waals surface area contributed by atoms with E-state index in [9.17, 15) is 0 Å². The summed E-state index contributed by atoms with van der Waals surface area (Å²) < 4.78 is 0. The Kier molecular flexibility index (Phi) is 2.94. The van der Waals surface area contributed by atoms with Crippen molar-refractivity contribution in [2.24, 2.45) is 0 Å². The van der Waals surface area contributed by atoms with E-state index in [4.69, 9.17) is 0 Å². The number of hydrogen-bond donors (Lipinski definition) is 1. The van der Waals surface area contributed by atoms with Gasteiger partial charge in [-0.1, -0.05) is 12.5 Å². The Labute approximate surface area is 63.5 Å². The van der Waals surface area contributed by atoms with Crippen molar-refractivity contribution in [2.75, 3.05) is 0 Å². The summed E-state index contributed by atoms with van der Waals surface area (Å²) >= 11 is 0. The summed E-state index contributed by atoms with van der Waals surface area (Å²) in [5.74, 6) is 0. The number of rotatable bonds is 2. The molecule has 0 bridgehead atoms. The maximum absolute atomic E-state index is 3.74. The van der Waals surface area contributed by atoms with Crippen LogP contribution in [-0.2, 0) is 0 Å². The molecule has 1 heteroatoms. The highest BCUT2D eigenvalue weighted by atomic mass is 14.9. The van der Waals surface area contributed by atoms with E-state index in [1.807, 2.05) is 6.08 Å². The molecular formula is C9H17N. The van der Waals surface area contributed by atoms with Gasteiger partial charge in [-0.3, -0.25) is 0 Å². The first-order valence-corrected chi connectivity index (χ1v) is 4.20. The Balaban J connectivity index is 2.24. The fourth-order valence-electron chi connectivity index (χ4n) is 1.63. The average molecular weight is 139 g/mol. The minimum Gasteiger partial charge on any atom is -0.311 e. The summed E-state index contributed by atoms with van der Waals surface area (Å²) in [5, 5.41) is 3.55. The zero-order valence-corrected chi connectivity index (χ0v) is 6.77. The van der Waals surface area contributed by atoms with Gasteiger partial charge in [0.2, 0.25) is 0 Å².